The maximum atomic E-state index is 12.0. The largest absolute Gasteiger partial charge is 0.378 e. The molecule has 4 N–H and O–H groups in total. The summed E-state index contributed by atoms with van der Waals surface area (Å²) in [4.78, 5) is 25.2. The van der Waals surface area contributed by atoms with Gasteiger partial charge in [-0.15, -0.1) is 0 Å². The van der Waals surface area contributed by atoms with Crippen LogP contribution in [-0.4, -0.2) is 55.1 Å². The van der Waals surface area contributed by atoms with E-state index in [-0.39, 0.29) is 23.9 Å². The molecule has 0 aromatic heterocycles. The zero-order valence-corrected chi connectivity index (χ0v) is 11.6. The fraction of sp³-hybridized carbons (Fsp3) is 0.833. The van der Waals surface area contributed by atoms with E-state index in [1.165, 1.54) is 0 Å². The summed E-state index contributed by atoms with van der Waals surface area (Å²) < 4.78 is 5.37. The summed E-state index contributed by atoms with van der Waals surface area (Å²) in [5.41, 5.74) is 2.12. The van der Waals surface area contributed by atoms with Crippen LogP contribution in [0, 0.1) is 0 Å². The first-order chi connectivity index (χ1) is 9.10. The van der Waals surface area contributed by atoms with Crippen LogP contribution in [0.4, 0.5) is 0 Å². The topological polar surface area (TPSA) is 96.7 Å². The van der Waals surface area contributed by atoms with E-state index in [2.05, 4.69) is 15.6 Å². The van der Waals surface area contributed by atoms with Crippen LogP contribution in [-0.2, 0) is 14.3 Å². The zero-order chi connectivity index (χ0) is 14.3. The fourth-order valence-corrected chi connectivity index (χ4v) is 2.24. The van der Waals surface area contributed by atoms with Gasteiger partial charge in [-0.25, -0.2) is 5.84 Å². The predicted molar refractivity (Wildman–Crippen MR) is 71.0 cm³/mol. The second-order valence-electron chi connectivity index (χ2n) is 4.68. The minimum Gasteiger partial charge on any atom is -0.378 e. The van der Waals surface area contributed by atoms with Gasteiger partial charge in [-0.1, -0.05) is 0 Å². The Morgan fingerprint density at radius 2 is 2.26 bits per heavy atom. The van der Waals surface area contributed by atoms with Gasteiger partial charge in [0.05, 0.1) is 13.2 Å². The Labute approximate surface area is 113 Å². The maximum Gasteiger partial charge on any atom is 0.239 e. The molecular weight excluding hydrogens is 248 g/mol. The summed E-state index contributed by atoms with van der Waals surface area (Å²) in [6.07, 6.45) is 1.02. The van der Waals surface area contributed by atoms with Gasteiger partial charge < -0.3 is 10.1 Å². The van der Waals surface area contributed by atoms with Gasteiger partial charge >= 0.3 is 0 Å². The average Bonchev–Trinajstić information content (AvgIpc) is 2.44. The summed E-state index contributed by atoms with van der Waals surface area (Å²) in [6, 6.07) is -0.140. The Bertz CT molecular complexity index is 311. The number of likely N-dealkylation sites (N-methyl/N-ethyl adjacent to an activating group) is 1. The van der Waals surface area contributed by atoms with Crippen molar-refractivity contribution in [2.24, 2.45) is 5.84 Å². The zero-order valence-electron chi connectivity index (χ0n) is 11.6. The number of morpholine rings is 1. The number of carbonyl (C=O) groups is 2. The molecule has 110 valence electrons. The fourth-order valence-electron chi connectivity index (χ4n) is 2.24. The molecule has 2 atom stereocenters. The van der Waals surface area contributed by atoms with Gasteiger partial charge in [-0.05, 0) is 20.3 Å². The van der Waals surface area contributed by atoms with Gasteiger partial charge in [0.15, 0.2) is 0 Å². The lowest BCUT2D eigenvalue weighted by molar-refractivity contribution is -0.134. The highest BCUT2D eigenvalue weighted by Gasteiger charge is 2.32. The number of amides is 2. The van der Waals surface area contributed by atoms with E-state index in [4.69, 9.17) is 10.6 Å². The van der Waals surface area contributed by atoms with Crippen molar-refractivity contribution in [3.63, 3.8) is 0 Å². The van der Waals surface area contributed by atoms with E-state index < -0.39 is 0 Å². The lowest BCUT2D eigenvalue weighted by Crippen LogP contribution is -2.56. The number of nitrogens with two attached hydrogens (primary N) is 1. The molecular formula is C12H24N4O3. The molecule has 1 fully saturated rings. The average molecular weight is 272 g/mol. The third-order valence-corrected chi connectivity index (χ3v) is 3.34. The van der Waals surface area contributed by atoms with Gasteiger partial charge in [-0.2, -0.15) is 0 Å². The van der Waals surface area contributed by atoms with E-state index >= 15 is 0 Å². The quantitative estimate of drug-likeness (QED) is 0.327. The van der Waals surface area contributed by atoms with Crippen LogP contribution >= 0.6 is 0 Å². The first kappa shape index (κ1) is 15.9. The second kappa shape index (κ2) is 8.08. The predicted octanol–water partition coefficient (Wildman–Crippen LogP) is -1.02. The number of hydrogen-bond acceptors (Lipinski definition) is 5. The lowest BCUT2D eigenvalue weighted by Gasteiger charge is -2.38. The number of rotatable bonds is 6. The van der Waals surface area contributed by atoms with Gasteiger partial charge in [0.25, 0.3) is 0 Å². The Balaban J connectivity index is 2.55. The third-order valence-electron chi connectivity index (χ3n) is 3.34. The minimum atomic E-state index is -0.273. The molecule has 0 bridgehead atoms. The number of nitrogens with zero attached hydrogens (tertiary/aromatic N) is 1. The van der Waals surface area contributed by atoms with Crippen LogP contribution in [0.3, 0.4) is 0 Å². The van der Waals surface area contributed by atoms with Crippen LogP contribution in [0.25, 0.3) is 0 Å². The highest BCUT2D eigenvalue weighted by Crippen LogP contribution is 2.15. The molecule has 1 rings (SSSR count). The van der Waals surface area contributed by atoms with Gasteiger partial charge in [0, 0.05) is 25.6 Å². The number of hydrogen-bond donors (Lipinski definition) is 3. The van der Waals surface area contributed by atoms with Crippen molar-refractivity contribution >= 4 is 11.8 Å². The molecule has 1 heterocycles. The van der Waals surface area contributed by atoms with Crippen molar-refractivity contribution in [1.29, 1.82) is 0 Å². The van der Waals surface area contributed by atoms with Gasteiger partial charge in [-0.3, -0.25) is 19.9 Å². The molecule has 0 saturated carbocycles. The molecule has 1 saturated heterocycles. The Morgan fingerprint density at radius 3 is 2.89 bits per heavy atom. The molecule has 19 heavy (non-hydrogen) atoms. The van der Waals surface area contributed by atoms with Crippen molar-refractivity contribution < 1.29 is 14.3 Å². The summed E-state index contributed by atoms with van der Waals surface area (Å²) in [7, 11) is 0. The maximum absolute atomic E-state index is 12.0. The lowest BCUT2D eigenvalue weighted by atomic mass is 10.1. The van der Waals surface area contributed by atoms with E-state index in [9.17, 15) is 9.59 Å². The van der Waals surface area contributed by atoms with Crippen molar-refractivity contribution in [1.82, 2.24) is 15.6 Å². The first-order valence-electron chi connectivity index (χ1n) is 6.70. The van der Waals surface area contributed by atoms with Crippen LogP contribution in [0.15, 0.2) is 0 Å². The van der Waals surface area contributed by atoms with E-state index in [0.29, 0.717) is 39.1 Å². The monoisotopic (exact) mass is 272 g/mol. The Hall–Kier alpha value is -1.18. The molecule has 0 spiro atoms. The normalized spacial score (nSPS) is 21.7. The Kier molecular flexibility index (Phi) is 6.75. The molecule has 0 aromatic carbocycles. The third kappa shape index (κ3) is 4.77. The van der Waals surface area contributed by atoms with Gasteiger partial charge in [0.1, 0.15) is 6.04 Å². The van der Waals surface area contributed by atoms with E-state index in [1.54, 1.807) is 0 Å². The summed E-state index contributed by atoms with van der Waals surface area (Å²) >= 11 is 0. The second-order valence-corrected chi connectivity index (χ2v) is 4.68. The van der Waals surface area contributed by atoms with Crippen molar-refractivity contribution in [2.75, 3.05) is 26.3 Å². The van der Waals surface area contributed by atoms with Crippen LogP contribution < -0.4 is 16.6 Å². The smallest absolute Gasteiger partial charge is 0.239 e. The summed E-state index contributed by atoms with van der Waals surface area (Å²) in [6.45, 7) is 6.23. The molecule has 7 heteroatoms. The molecule has 1 aliphatic rings. The standard InChI is InChI=1S/C12H24N4O3/c1-3-14-12(18)10-8-19-7-6-16(10)9(2)4-5-11(17)15-13/h9-10H,3-8,13H2,1-2H3,(H,14,18)(H,15,17). The van der Waals surface area contributed by atoms with Crippen molar-refractivity contribution in [3.8, 4) is 0 Å². The van der Waals surface area contributed by atoms with E-state index in [1.807, 2.05) is 13.8 Å². The highest BCUT2D eigenvalue weighted by atomic mass is 16.5. The molecule has 2 amide bonds. The summed E-state index contributed by atoms with van der Waals surface area (Å²) in [5, 5.41) is 2.82. The SMILES string of the molecule is CCNC(=O)C1COCCN1C(C)CCC(=O)NN. The van der Waals surface area contributed by atoms with Gasteiger partial charge in [0.2, 0.25) is 11.8 Å². The molecule has 0 radical (unpaired) electrons. The van der Waals surface area contributed by atoms with Crippen LogP contribution in [0.1, 0.15) is 26.7 Å². The Morgan fingerprint density at radius 1 is 1.53 bits per heavy atom. The molecule has 2 unspecified atom stereocenters. The number of hydrazine groups is 1. The first-order valence-corrected chi connectivity index (χ1v) is 6.70. The molecule has 1 aliphatic heterocycles. The number of ether oxygens (including phenoxy) is 1. The van der Waals surface area contributed by atoms with Crippen molar-refractivity contribution in [2.45, 2.75) is 38.8 Å². The highest BCUT2D eigenvalue weighted by molar-refractivity contribution is 5.82. The molecule has 0 aliphatic carbocycles. The molecule has 0 aromatic rings. The number of nitrogens with one attached hydrogen (secondary N) is 2. The van der Waals surface area contributed by atoms with Crippen LogP contribution in [0.5, 0.6) is 0 Å². The number of carbonyl (C=O) groups excluding carboxylic acids is 2. The van der Waals surface area contributed by atoms with Crippen LogP contribution in [0.2, 0.25) is 0 Å². The van der Waals surface area contributed by atoms with Crippen molar-refractivity contribution in [3.05, 3.63) is 0 Å². The molecule has 7 nitrogen and oxygen atoms in total. The minimum absolute atomic E-state index is 0.0164. The summed E-state index contributed by atoms with van der Waals surface area (Å²) in [5.74, 6) is 4.85. The van der Waals surface area contributed by atoms with E-state index in [0.717, 1.165) is 0 Å².